The largest absolute Gasteiger partial charge is 0.454 e. The summed E-state index contributed by atoms with van der Waals surface area (Å²) in [6.45, 7) is 2.25. The molecule has 1 aromatic carbocycles. The highest BCUT2D eigenvalue weighted by atomic mass is 32.1. The topological polar surface area (TPSA) is 74.1 Å². The van der Waals surface area contributed by atoms with Gasteiger partial charge in [0.2, 0.25) is 5.78 Å². The van der Waals surface area contributed by atoms with E-state index in [2.05, 4.69) is 10.1 Å². The molecule has 0 aliphatic heterocycles. The maximum atomic E-state index is 12.0. The minimum absolute atomic E-state index is 0.191. The second-order valence-corrected chi connectivity index (χ2v) is 6.49. The number of ether oxygens (including phenoxy) is 1. The van der Waals surface area contributed by atoms with E-state index >= 15 is 0 Å². The molecular formula is C17H15N3O3S. The number of carbonyl (C=O) groups is 2. The van der Waals surface area contributed by atoms with Crippen molar-refractivity contribution >= 4 is 23.1 Å². The number of aryl methyl sites for hydroxylation is 1. The van der Waals surface area contributed by atoms with Gasteiger partial charge in [-0.05, 0) is 36.8 Å². The lowest BCUT2D eigenvalue weighted by Crippen LogP contribution is -2.13. The highest BCUT2D eigenvalue weighted by Crippen LogP contribution is 2.16. The molecule has 0 spiro atoms. The molecule has 0 amide bonds. The van der Waals surface area contributed by atoms with Crippen LogP contribution in [0.5, 0.6) is 0 Å². The van der Waals surface area contributed by atoms with Gasteiger partial charge in [-0.15, -0.1) is 11.3 Å². The smallest absolute Gasteiger partial charge is 0.338 e. The van der Waals surface area contributed by atoms with Gasteiger partial charge in [0.05, 0.1) is 17.0 Å². The summed E-state index contributed by atoms with van der Waals surface area (Å²) in [7, 11) is 0. The first-order valence-corrected chi connectivity index (χ1v) is 8.11. The Morgan fingerprint density at radius 1 is 1.17 bits per heavy atom. The normalized spacial score (nSPS) is 10.5. The number of aromatic nitrogens is 3. The average molecular weight is 341 g/mol. The number of Topliss-reactive ketones (excluding diaryl/α,β-unsaturated/α-hetero) is 1. The first kappa shape index (κ1) is 16.1. The van der Waals surface area contributed by atoms with E-state index < -0.39 is 5.97 Å². The van der Waals surface area contributed by atoms with Gasteiger partial charge in [-0.25, -0.2) is 14.5 Å². The Balaban J connectivity index is 1.56. The fourth-order valence-corrected chi connectivity index (χ4v) is 2.91. The van der Waals surface area contributed by atoms with Crippen molar-refractivity contribution in [3.05, 3.63) is 69.9 Å². The van der Waals surface area contributed by atoms with Crippen molar-refractivity contribution in [1.82, 2.24) is 14.8 Å². The molecule has 2 aromatic heterocycles. The van der Waals surface area contributed by atoms with Gasteiger partial charge in [-0.2, -0.15) is 5.10 Å². The van der Waals surface area contributed by atoms with Gasteiger partial charge in [0.25, 0.3) is 0 Å². The van der Waals surface area contributed by atoms with Crippen LogP contribution < -0.4 is 0 Å². The Morgan fingerprint density at radius 2 is 1.96 bits per heavy atom. The highest BCUT2D eigenvalue weighted by Gasteiger charge is 2.13. The summed E-state index contributed by atoms with van der Waals surface area (Å²) in [6.07, 6.45) is 3.10. The van der Waals surface area contributed by atoms with Crippen molar-refractivity contribution in [2.45, 2.75) is 13.5 Å². The molecule has 0 fully saturated rings. The second kappa shape index (κ2) is 7.18. The quantitative estimate of drug-likeness (QED) is 0.509. The number of nitrogens with zero attached hydrogens (tertiary/aromatic N) is 3. The molecule has 3 aromatic rings. The third-order valence-corrected chi connectivity index (χ3v) is 4.39. The molecule has 0 saturated heterocycles. The number of hydrogen-bond donors (Lipinski definition) is 0. The summed E-state index contributed by atoms with van der Waals surface area (Å²) >= 11 is 1.39. The average Bonchev–Trinajstić information content (AvgIpc) is 3.24. The third-order valence-electron chi connectivity index (χ3n) is 3.35. The van der Waals surface area contributed by atoms with E-state index in [-0.39, 0.29) is 12.4 Å². The minimum atomic E-state index is -0.510. The summed E-state index contributed by atoms with van der Waals surface area (Å²) in [5, 5.41) is 4.03. The first-order valence-electron chi connectivity index (χ1n) is 7.30. The Labute approximate surface area is 142 Å². The van der Waals surface area contributed by atoms with Crippen LogP contribution in [-0.4, -0.2) is 33.1 Å². The fourth-order valence-electron chi connectivity index (χ4n) is 2.12. The van der Waals surface area contributed by atoms with E-state index in [1.807, 2.05) is 25.1 Å². The number of benzene rings is 1. The van der Waals surface area contributed by atoms with Gasteiger partial charge in [0.1, 0.15) is 12.7 Å². The van der Waals surface area contributed by atoms with E-state index in [0.717, 1.165) is 10.4 Å². The molecule has 0 unspecified atom stereocenters. The van der Waals surface area contributed by atoms with Crippen LogP contribution in [0.3, 0.4) is 0 Å². The van der Waals surface area contributed by atoms with Crippen LogP contribution in [0, 0.1) is 6.92 Å². The molecule has 24 heavy (non-hydrogen) atoms. The van der Waals surface area contributed by atoms with Crippen molar-refractivity contribution < 1.29 is 14.3 Å². The van der Waals surface area contributed by atoms with E-state index in [1.165, 1.54) is 17.7 Å². The molecular weight excluding hydrogens is 326 g/mol. The highest BCUT2D eigenvalue weighted by molar-refractivity contribution is 7.14. The SMILES string of the molecule is Cc1ccc(C(=O)COC(=O)c2ccc(Cn3cncn3)cc2)s1. The van der Waals surface area contributed by atoms with E-state index in [0.29, 0.717) is 17.0 Å². The van der Waals surface area contributed by atoms with Crippen LogP contribution in [-0.2, 0) is 11.3 Å². The summed E-state index contributed by atoms with van der Waals surface area (Å²) in [4.78, 5) is 29.5. The van der Waals surface area contributed by atoms with Crippen molar-refractivity contribution in [1.29, 1.82) is 0 Å². The number of rotatable bonds is 6. The lowest BCUT2D eigenvalue weighted by molar-refractivity contribution is 0.0476. The van der Waals surface area contributed by atoms with Crippen LogP contribution in [0.2, 0.25) is 0 Å². The molecule has 0 atom stereocenters. The fraction of sp³-hybridized carbons (Fsp3) is 0.176. The third kappa shape index (κ3) is 3.94. The zero-order chi connectivity index (χ0) is 16.9. The molecule has 3 rings (SSSR count). The van der Waals surface area contributed by atoms with Gasteiger partial charge >= 0.3 is 5.97 Å². The number of carbonyl (C=O) groups excluding carboxylic acids is 2. The number of hydrogen-bond acceptors (Lipinski definition) is 6. The molecule has 0 radical (unpaired) electrons. The van der Waals surface area contributed by atoms with E-state index in [4.69, 9.17) is 4.74 Å². The Hall–Kier alpha value is -2.80. The number of thiophene rings is 1. The molecule has 6 nitrogen and oxygen atoms in total. The van der Waals surface area contributed by atoms with E-state index in [9.17, 15) is 9.59 Å². The van der Waals surface area contributed by atoms with Gasteiger partial charge in [-0.1, -0.05) is 12.1 Å². The monoisotopic (exact) mass is 341 g/mol. The summed E-state index contributed by atoms with van der Waals surface area (Å²) in [5.41, 5.74) is 1.40. The van der Waals surface area contributed by atoms with Gasteiger partial charge in [-0.3, -0.25) is 4.79 Å². The maximum Gasteiger partial charge on any atom is 0.338 e. The Bertz CT molecular complexity index is 838. The Kier molecular flexibility index (Phi) is 4.81. The summed E-state index contributed by atoms with van der Waals surface area (Å²) in [6, 6.07) is 10.6. The van der Waals surface area contributed by atoms with Crippen molar-refractivity contribution in [2.75, 3.05) is 6.61 Å². The second-order valence-electron chi connectivity index (χ2n) is 5.20. The van der Waals surface area contributed by atoms with Crippen LogP contribution >= 0.6 is 11.3 Å². The predicted octanol–water partition coefficient (Wildman–Crippen LogP) is 2.74. The van der Waals surface area contributed by atoms with Crippen LogP contribution in [0.25, 0.3) is 0 Å². The maximum absolute atomic E-state index is 12.0. The van der Waals surface area contributed by atoms with Crippen LogP contribution in [0.4, 0.5) is 0 Å². The first-order chi connectivity index (χ1) is 11.6. The molecule has 0 aliphatic rings. The van der Waals surface area contributed by atoms with Crippen molar-refractivity contribution in [3.63, 3.8) is 0 Å². The van der Waals surface area contributed by atoms with Crippen molar-refractivity contribution in [3.8, 4) is 0 Å². The van der Waals surface area contributed by atoms with E-state index in [1.54, 1.807) is 29.2 Å². The Morgan fingerprint density at radius 3 is 2.58 bits per heavy atom. The van der Waals surface area contributed by atoms with Crippen LogP contribution in [0.15, 0.2) is 49.1 Å². The van der Waals surface area contributed by atoms with Crippen molar-refractivity contribution in [2.24, 2.45) is 0 Å². The molecule has 0 aliphatic carbocycles. The summed E-state index contributed by atoms with van der Waals surface area (Å²) in [5.74, 6) is -0.701. The van der Waals surface area contributed by atoms with Gasteiger partial charge in [0, 0.05) is 4.88 Å². The molecule has 0 N–H and O–H groups in total. The zero-order valence-electron chi connectivity index (χ0n) is 13.0. The number of esters is 1. The molecule has 0 saturated carbocycles. The lowest BCUT2D eigenvalue weighted by Gasteiger charge is -2.05. The van der Waals surface area contributed by atoms with Gasteiger partial charge < -0.3 is 4.74 Å². The van der Waals surface area contributed by atoms with Gasteiger partial charge in [0.15, 0.2) is 6.61 Å². The minimum Gasteiger partial charge on any atom is -0.454 e. The van der Waals surface area contributed by atoms with Crippen LogP contribution in [0.1, 0.15) is 30.5 Å². The standard InChI is InChI=1S/C17H15N3O3S/c1-12-2-7-16(24-12)15(21)9-23-17(22)14-5-3-13(4-6-14)8-20-11-18-10-19-20/h2-7,10-11H,8-9H2,1H3. The number of ketones is 1. The molecule has 2 heterocycles. The summed E-state index contributed by atoms with van der Waals surface area (Å²) < 4.78 is 6.78. The lowest BCUT2D eigenvalue weighted by atomic mass is 10.1. The molecule has 0 bridgehead atoms. The zero-order valence-corrected chi connectivity index (χ0v) is 13.8. The molecule has 122 valence electrons. The molecule has 7 heteroatoms. The predicted molar refractivity (Wildman–Crippen MR) is 89.2 cm³/mol.